The zero-order chi connectivity index (χ0) is 12.7. The van der Waals surface area contributed by atoms with Crippen LogP contribution in [0.15, 0.2) is 0 Å². The molecule has 4 nitrogen and oxygen atoms in total. The molecule has 1 saturated heterocycles. The molecule has 0 spiro atoms. The molecule has 1 heterocycles. The van der Waals surface area contributed by atoms with Gasteiger partial charge in [-0.3, -0.25) is 0 Å². The quantitative estimate of drug-likeness (QED) is 0.732. The molecule has 1 fully saturated rings. The molecular weight excluding hydrogens is 256 g/mol. The highest BCUT2D eigenvalue weighted by Crippen LogP contribution is 2.21. The molecule has 0 unspecified atom stereocenters. The average Bonchev–Trinajstić information content (AvgIpc) is 2.27. The Balaban J connectivity index is 2.19. The summed E-state index contributed by atoms with van der Waals surface area (Å²) in [4.78, 5) is 0. The molecule has 17 heavy (non-hydrogen) atoms. The van der Waals surface area contributed by atoms with Gasteiger partial charge in [0.1, 0.15) is 0 Å². The first-order valence-corrected chi connectivity index (χ1v) is 9.09. The average molecular weight is 280 g/mol. The summed E-state index contributed by atoms with van der Waals surface area (Å²) < 4.78 is 26.1. The molecule has 6 heteroatoms. The summed E-state index contributed by atoms with van der Waals surface area (Å²) in [7, 11) is -3.10. The molecule has 0 amide bonds. The molecular formula is C11H24N2O2S2. The van der Waals surface area contributed by atoms with Crippen molar-refractivity contribution in [2.24, 2.45) is 5.92 Å². The van der Waals surface area contributed by atoms with Crippen molar-refractivity contribution in [3.05, 3.63) is 0 Å². The lowest BCUT2D eigenvalue weighted by Gasteiger charge is -2.21. The largest absolute Gasteiger partial charge is 0.313 e. The third kappa shape index (κ3) is 7.28. The van der Waals surface area contributed by atoms with Crippen molar-refractivity contribution in [2.45, 2.75) is 32.7 Å². The van der Waals surface area contributed by atoms with E-state index >= 15 is 0 Å². The van der Waals surface area contributed by atoms with Crippen LogP contribution in [0.1, 0.15) is 26.7 Å². The zero-order valence-electron chi connectivity index (χ0n) is 10.7. The van der Waals surface area contributed by atoms with E-state index in [1.807, 2.05) is 25.6 Å². The first kappa shape index (κ1) is 15.3. The number of hydrogen-bond acceptors (Lipinski definition) is 4. The highest BCUT2D eigenvalue weighted by atomic mass is 32.2. The SMILES string of the molecule is CC(C)NCCS(=O)(=O)NCC1CCSCC1. The number of hydrogen-bond donors (Lipinski definition) is 2. The van der Waals surface area contributed by atoms with Gasteiger partial charge in [-0.05, 0) is 30.3 Å². The normalized spacial score (nSPS) is 18.8. The van der Waals surface area contributed by atoms with E-state index in [9.17, 15) is 8.42 Å². The Morgan fingerprint density at radius 2 is 1.94 bits per heavy atom. The van der Waals surface area contributed by atoms with Crippen molar-refractivity contribution in [1.82, 2.24) is 10.0 Å². The summed E-state index contributed by atoms with van der Waals surface area (Å²) in [6.07, 6.45) is 2.27. The van der Waals surface area contributed by atoms with Crippen molar-refractivity contribution in [3.8, 4) is 0 Å². The molecule has 1 aliphatic rings. The van der Waals surface area contributed by atoms with Gasteiger partial charge in [-0.15, -0.1) is 0 Å². The van der Waals surface area contributed by atoms with Crippen molar-refractivity contribution < 1.29 is 8.42 Å². The summed E-state index contributed by atoms with van der Waals surface area (Å²) in [6.45, 7) is 5.16. The fourth-order valence-electron chi connectivity index (χ4n) is 1.75. The van der Waals surface area contributed by atoms with Crippen molar-refractivity contribution in [3.63, 3.8) is 0 Å². The van der Waals surface area contributed by atoms with Gasteiger partial charge in [0.05, 0.1) is 5.75 Å². The predicted molar refractivity (Wildman–Crippen MR) is 75.0 cm³/mol. The van der Waals surface area contributed by atoms with Gasteiger partial charge in [0.25, 0.3) is 0 Å². The summed E-state index contributed by atoms with van der Waals surface area (Å²) in [5, 5.41) is 3.12. The molecule has 0 saturated carbocycles. The van der Waals surface area contributed by atoms with Crippen molar-refractivity contribution >= 4 is 21.8 Å². The highest BCUT2D eigenvalue weighted by Gasteiger charge is 2.17. The Labute approximate surface area is 109 Å². The van der Waals surface area contributed by atoms with Gasteiger partial charge in [0.2, 0.25) is 10.0 Å². The van der Waals surface area contributed by atoms with E-state index in [1.165, 1.54) is 11.5 Å². The van der Waals surface area contributed by atoms with Crippen LogP contribution in [0.25, 0.3) is 0 Å². The van der Waals surface area contributed by atoms with Crippen LogP contribution in [0, 0.1) is 5.92 Å². The zero-order valence-corrected chi connectivity index (χ0v) is 12.4. The van der Waals surface area contributed by atoms with Crippen LogP contribution in [0.2, 0.25) is 0 Å². The lowest BCUT2D eigenvalue weighted by atomic mass is 10.0. The smallest absolute Gasteiger partial charge is 0.212 e. The van der Waals surface area contributed by atoms with Crippen LogP contribution in [-0.4, -0.2) is 44.8 Å². The van der Waals surface area contributed by atoms with Gasteiger partial charge in [0.15, 0.2) is 0 Å². The second-order valence-corrected chi connectivity index (χ2v) is 7.98. The molecule has 0 atom stereocenters. The molecule has 0 radical (unpaired) electrons. The molecule has 1 aliphatic heterocycles. The second kappa shape index (κ2) is 7.61. The summed E-state index contributed by atoms with van der Waals surface area (Å²) >= 11 is 1.96. The van der Waals surface area contributed by atoms with E-state index in [0.29, 0.717) is 25.0 Å². The monoisotopic (exact) mass is 280 g/mol. The molecule has 0 aliphatic carbocycles. The number of sulfonamides is 1. The Bertz CT molecular complexity index is 299. The maximum atomic E-state index is 11.7. The summed E-state index contributed by atoms with van der Waals surface area (Å²) in [5.41, 5.74) is 0. The first-order chi connectivity index (χ1) is 7.99. The number of thioether (sulfide) groups is 1. The van der Waals surface area contributed by atoms with Crippen LogP contribution >= 0.6 is 11.8 Å². The van der Waals surface area contributed by atoms with Gasteiger partial charge < -0.3 is 5.32 Å². The molecule has 0 aromatic carbocycles. The van der Waals surface area contributed by atoms with E-state index in [1.54, 1.807) is 0 Å². The fraction of sp³-hybridized carbons (Fsp3) is 1.00. The van der Waals surface area contributed by atoms with Gasteiger partial charge in [0, 0.05) is 19.1 Å². The van der Waals surface area contributed by atoms with E-state index in [0.717, 1.165) is 12.8 Å². The van der Waals surface area contributed by atoms with Crippen LogP contribution in [0.3, 0.4) is 0 Å². The molecule has 0 aromatic rings. The van der Waals surface area contributed by atoms with Crippen molar-refractivity contribution in [2.75, 3.05) is 30.3 Å². The highest BCUT2D eigenvalue weighted by molar-refractivity contribution is 7.99. The Kier molecular flexibility index (Phi) is 6.84. The van der Waals surface area contributed by atoms with Crippen LogP contribution in [0.5, 0.6) is 0 Å². The van der Waals surface area contributed by atoms with E-state index in [2.05, 4.69) is 10.0 Å². The molecule has 0 bridgehead atoms. The van der Waals surface area contributed by atoms with Gasteiger partial charge >= 0.3 is 0 Å². The lowest BCUT2D eigenvalue weighted by molar-refractivity contribution is 0.476. The maximum Gasteiger partial charge on any atom is 0.212 e. The molecule has 0 aromatic heterocycles. The Hall–Kier alpha value is 0.220. The van der Waals surface area contributed by atoms with Gasteiger partial charge in [-0.1, -0.05) is 13.8 Å². The van der Waals surface area contributed by atoms with E-state index in [4.69, 9.17) is 0 Å². The van der Waals surface area contributed by atoms with Gasteiger partial charge in [-0.25, -0.2) is 13.1 Å². The maximum absolute atomic E-state index is 11.7. The second-order valence-electron chi connectivity index (χ2n) is 4.83. The molecule has 102 valence electrons. The third-order valence-electron chi connectivity index (χ3n) is 2.86. The number of nitrogens with one attached hydrogen (secondary N) is 2. The van der Waals surface area contributed by atoms with Crippen LogP contribution < -0.4 is 10.0 Å². The molecule has 1 rings (SSSR count). The standard InChI is InChI=1S/C11H24N2O2S2/c1-10(2)12-5-8-17(14,15)13-9-11-3-6-16-7-4-11/h10-13H,3-9H2,1-2H3. The minimum atomic E-state index is -3.10. The van der Waals surface area contributed by atoms with E-state index < -0.39 is 10.0 Å². The Morgan fingerprint density at radius 3 is 2.53 bits per heavy atom. The minimum absolute atomic E-state index is 0.173. The van der Waals surface area contributed by atoms with Crippen LogP contribution in [0.4, 0.5) is 0 Å². The van der Waals surface area contributed by atoms with Crippen molar-refractivity contribution in [1.29, 1.82) is 0 Å². The first-order valence-electron chi connectivity index (χ1n) is 6.28. The summed E-state index contributed by atoms with van der Waals surface area (Å²) in [6, 6.07) is 0.334. The minimum Gasteiger partial charge on any atom is -0.313 e. The van der Waals surface area contributed by atoms with Gasteiger partial charge in [-0.2, -0.15) is 11.8 Å². The van der Waals surface area contributed by atoms with E-state index in [-0.39, 0.29) is 5.75 Å². The predicted octanol–water partition coefficient (Wildman–Crippen LogP) is 1.05. The Morgan fingerprint density at radius 1 is 1.29 bits per heavy atom. The fourth-order valence-corrected chi connectivity index (χ4v) is 3.97. The summed E-state index contributed by atoms with van der Waals surface area (Å²) in [5.74, 6) is 3.04. The number of rotatable bonds is 7. The molecule has 2 N–H and O–H groups in total. The topological polar surface area (TPSA) is 58.2 Å². The lowest BCUT2D eigenvalue weighted by Crippen LogP contribution is -2.37. The third-order valence-corrected chi connectivity index (χ3v) is 5.25. The van der Waals surface area contributed by atoms with Crippen LogP contribution in [-0.2, 0) is 10.0 Å².